The van der Waals surface area contributed by atoms with Gasteiger partial charge in [0, 0.05) is 13.0 Å². The number of nitrogens with one attached hydrogen (secondary N) is 2. The van der Waals surface area contributed by atoms with Crippen molar-refractivity contribution in [3.8, 4) is 0 Å². The molecule has 0 saturated carbocycles. The number of hydrogen-bond acceptors (Lipinski definition) is 4. The molecule has 1 amide bonds. The fourth-order valence-corrected chi connectivity index (χ4v) is 1.40. The number of nitrogens with zero attached hydrogens (tertiary/aromatic N) is 2. The third-order valence-corrected chi connectivity index (χ3v) is 2.19. The third kappa shape index (κ3) is 4.39. The van der Waals surface area contributed by atoms with Crippen LogP contribution in [0.4, 0.5) is 0 Å². The maximum absolute atomic E-state index is 11.5. The van der Waals surface area contributed by atoms with Gasteiger partial charge in [-0.15, -0.1) is 0 Å². The smallest absolute Gasteiger partial charge is 0.236 e. The molecule has 0 aliphatic carbocycles. The van der Waals surface area contributed by atoms with Gasteiger partial charge in [-0.3, -0.25) is 9.89 Å². The van der Waals surface area contributed by atoms with Crippen LogP contribution in [-0.4, -0.2) is 33.7 Å². The molecular weight excluding hydrogens is 206 g/mol. The fourth-order valence-electron chi connectivity index (χ4n) is 1.40. The normalized spacial score (nSPS) is 12.8. The van der Waals surface area contributed by atoms with Gasteiger partial charge in [-0.05, 0) is 12.3 Å². The van der Waals surface area contributed by atoms with Gasteiger partial charge in [0.25, 0.3) is 0 Å². The summed E-state index contributed by atoms with van der Waals surface area (Å²) < 4.78 is 0. The highest BCUT2D eigenvalue weighted by atomic mass is 16.2. The van der Waals surface area contributed by atoms with Gasteiger partial charge in [0.2, 0.25) is 5.91 Å². The second-order valence-electron chi connectivity index (χ2n) is 4.21. The lowest BCUT2D eigenvalue weighted by Gasteiger charge is -2.13. The Labute approximate surface area is 95.0 Å². The van der Waals surface area contributed by atoms with Gasteiger partial charge >= 0.3 is 0 Å². The lowest BCUT2D eigenvalue weighted by molar-refractivity contribution is -0.122. The van der Waals surface area contributed by atoms with Crippen LogP contribution in [0.1, 0.15) is 26.1 Å². The Hall–Kier alpha value is -1.43. The lowest BCUT2D eigenvalue weighted by atomic mass is 10.0. The van der Waals surface area contributed by atoms with E-state index in [9.17, 15) is 4.79 Å². The summed E-state index contributed by atoms with van der Waals surface area (Å²) in [5, 5.41) is 9.22. The first-order valence-corrected chi connectivity index (χ1v) is 5.47. The molecule has 90 valence electrons. The molecule has 0 radical (unpaired) electrons. The van der Waals surface area contributed by atoms with E-state index in [1.165, 1.54) is 6.33 Å². The van der Waals surface area contributed by atoms with Gasteiger partial charge in [0.05, 0.1) is 6.04 Å². The Morgan fingerprint density at radius 1 is 1.62 bits per heavy atom. The third-order valence-electron chi connectivity index (χ3n) is 2.19. The Kier molecular flexibility index (Phi) is 4.91. The molecule has 0 spiro atoms. The first-order chi connectivity index (χ1) is 7.59. The van der Waals surface area contributed by atoms with Gasteiger partial charge in [-0.2, -0.15) is 5.10 Å². The molecule has 16 heavy (non-hydrogen) atoms. The molecular formula is C10H19N5O. The number of H-pyrrole nitrogens is 1. The molecule has 0 aliphatic heterocycles. The molecule has 0 aliphatic rings. The highest BCUT2D eigenvalue weighted by molar-refractivity contribution is 5.81. The predicted molar refractivity (Wildman–Crippen MR) is 60.5 cm³/mol. The Morgan fingerprint density at radius 3 is 2.94 bits per heavy atom. The first kappa shape index (κ1) is 12.6. The van der Waals surface area contributed by atoms with Gasteiger partial charge in [0.1, 0.15) is 12.2 Å². The van der Waals surface area contributed by atoms with Crippen molar-refractivity contribution in [3.05, 3.63) is 12.2 Å². The van der Waals surface area contributed by atoms with Crippen molar-refractivity contribution < 1.29 is 4.79 Å². The van der Waals surface area contributed by atoms with E-state index in [-0.39, 0.29) is 5.91 Å². The minimum atomic E-state index is -0.422. The van der Waals surface area contributed by atoms with E-state index < -0.39 is 6.04 Å². The molecule has 1 aromatic heterocycles. The summed E-state index contributed by atoms with van der Waals surface area (Å²) >= 11 is 0. The van der Waals surface area contributed by atoms with Crippen LogP contribution < -0.4 is 11.1 Å². The Morgan fingerprint density at radius 2 is 2.38 bits per heavy atom. The topological polar surface area (TPSA) is 96.7 Å². The Bertz CT molecular complexity index is 309. The van der Waals surface area contributed by atoms with Crippen molar-refractivity contribution in [2.45, 2.75) is 32.7 Å². The quantitative estimate of drug-likeness (QED) is 0.626. The highest BCUT2D eigenvalue weighted by Crippen LogP contribution is 2.02. The minimum Gasteiger partial charge on any atom is -0.354 e. The standard InChI is InChI=1S/C10H19N5O/c1-7(2)5-8(11)10(16)12-4-3-9-13-6-14-15-9/h6-8H,3-5,11H2,1-2H3,(H,12,16)(H,13,14,15)/t8-/m1/s1. The molecule has 0 fully saturated rings. The van der Waals surface area contributed by atoms with Crippen LogP contribution in [0.15, 0.2) is 6.33 Å². The number of amides is 1. The zero-order valence-corrected chi connectivity index (χ0v) is 9.73. The van der Waals surface area contributed by atoms with Crippen molar-refractivity contribution in [1.29, 1.82) is 0 Å². The summed E-state index contributed by atoms with van der Waals surface area (Å²) in [6.07, 6.45) is 2.79. The second kappa shape index (κ2) is 6.22. The second-order valence-corrected chi connectivity index (χ2v) is 4.21. The fraction of sp³-hybridized carbons (Fsp3) is 0.700. The average molecular weight is 225 g/mol. The molecule has 1 aromatic rings. The van der Waals surface area contributed by atoms with E-state index in [1.807, 2.05) is 13.8 Å². The van der Waals surface area contributed by atoms with Crippen LogP contribution in [0.3, 0.4) is 0 Å². The van der Waals surface area contributed by atoms with Gasteiger partial charge in [-0.1, -0.05) is 13.8 Å². The maximum atomic E-state index is 11.5. The van der Waals surface area contributed by atoms with Crippen LogP contribution in [-0.2, 0) is 11.2 Å². The number of nitrogens with two attached hydrogens (primary N) is 1. The molecule has 6 heteroatoms. The van der Waals surface area contributed by atoms with E-state index in [0.717, 1.165) is 5.82 Å². The van der Waals surface area contributed by atoms with E-state index in [2.05, 4.69) is 20.5 Å². The van der Waals surface area contributed by atoms with Crippen LogP contribution >= 0.6 is 0 Å². The molecule has 0 bridgehead atoms. The van der Waals surface area contributed by atoms with Gasteiger partial charge in [-0.25, -0.2) is 4.98 Å². The molecule has 1 atom stereocenters. The van der Waals surface area contributed by atoms with Crippen LogP contribution in [0.25, 0.3) is 0 Å². The zero-order valence-electron chi connectivity index (χ0n) is 9.73. The SMILES string of the molecule is CC(C)C[C@@H](N)C(=O)NCCc1ncn[nH]1. The zero-order chi connectivity index (χ0) is 12.0. The number of rotatable bonds is 6. The largest absolute Gasteiger partial charge is 0.354 e. The summed E-state index contributed by atoms with van der Waals surface area (Å²) in [6.45, 7) is 4.61. The van der Waals surface area contributed by atoms with Crippen molar-refractivity contribution in [1.82, 2.24) is 20.5 Å². The van der Waals surface area contributed by atoms with Crippen LogP contribution in [0.2, 0.25) is 0 Å². The highest BCUT2D eigenvalue weighted by Gasteiger charge is 2.14. The minimum absolute atomic E-state index is 0.104. The average Bonchev–Trinajstić information content (AvgIpc) is 2.69. The molecule has 4 N–H and O–H groups in total. The molecule has 0 unspecified atom stereocenters. The number of hydrogen-bond donors (Lipinski definition) is 3. The summed E-state index contributed by atoms with van der Waals surface area (Å²) in [7, 11) is 0. The van der Waals surface area contributed by atoms with E-state index in [4.69, 9.17) is 5.73 Å². The van der Waals surface area contributed by atoms with Gasteiger partial charge < -0.3 is 11.1 Å². The summed E-state index contributed by atoms with van der Waals surface area (Å²) in [4.78, 5) is 15.5. The lowest BCUT2D eigenvalue weighted by Crippen LogP contribution is -2.42. The molecule has 0 saturated heterocycles. The van der Waals surface area contributed by atoms with Crippen molar-refractivity contribution in [3.63, 3.8) is 0 Å². The summed E-state index contributed by atoms with van der Waals surface area (Å²) in [5.41, 5.74) is 5.73. The summed E-state index contributed by atoms with van der Waals surface area (Å²) in [6, 6.07) is -0.422. The van der Waals surface area contributed by atoms with Crippen molar-refractivity contribution in [2.75, 3.05) is 6.54 Å². The number of carbonyl (C=O) groups excluding carboxylic acids is 1. The van der Waals surface area contributed by atoms with Crippen LogP contribution in [0, 0.1) is 5.92 Å². The number of aromatic amines is 1. The number of carbonyl (C=O) groups is 1. The maximum Gasteiger partial charge on any atom is 0.236 e. The van der Waals surface area contributed by atoms with E-state index in [0.29, 0.717) is 25.3 Å². The van der Waals surface area contributed by atoms with Crippen molar-refractivity contribution >= 4 is 5.91 Å². The molecule has 1 rings (SSSR count). The molecule has 6 nitrogen and oxygen atoms in total. The van der Waals surface area contributed by atoms with E-state index >= 15 is 0 Å². The Balaban J connectivity index is 2.19. The van der Waals surface area contributed by atoms with E-state index in [1.54, 1.807) is 0 Å². The first-order valence-electron chi connectivity index (χ1n) is 5.47. The summed E-state index contributed by atoms with van der Waals surface area (Å²) in [5.74, 6) is 1.08. The monoisotopic (exact) mass is 225 g/mol. The van der Waals surface area contributed by atoms with Gasteiger partial charge in [0.15, 0.2) is 0 Å². The van der Waals surface area contributed by atoms with Crippen molar-refractivity contribution in [2.24, 2.45) is 11.7 Å². The predicted octanol–water partition coefficient (Wildman–Crippen LogP) is -0.163. The molecule has 0 aromatic carbocycles. The molecule has 1 heterocycles. The van der Waals surface area contributed by atoms with Crippen LogP contribution in [0.5, 0.6) is 0 Å². The number of aromatic nitrogens is 3.